The van der Waals surface area contributed by atoms with Crippen LogP contribution in [0.2, 0.25) is 0 Å². The van der Waals surface area contributed by atoms with Crippen LogP contribution in [0.4, 0.5) is 0 Å². The van der Waals surface area contributed by atoms with Crippen LogP contribution >= 0.6 is 15.9 Å². The molecule has 0 saturated heterocycles. The fourth-order valence-electron chi connectivity index (χ4n) is 1.67. The smallest absolute Gasteiger partial charge is 0.271 e. The second-order valence-electron chi connectivity index (χ2n) is 4.51. The van der Waals surface area contributed by atoms with Gasteiger partial charge >= 0.3 is 0 Å². The third-order valence-electron chi connectivity index (χ3n) is 2.87. The zero-order chi connectivity index (χ0) is 17.4. The predicted molar refractivity (Wildman–Crippen MR) is 92.4 cm³/mol. The Hall–Kier alpha value is -2.84. The third-order valence-corrected chi connectivity index (χ3v) is 3.53. The molecule has 24 heavy (non-hydrogen) atoms. The molecule has 0 atom stereocenters. The minimum absolute atomic E-state index is 0.366. The van der Waals surface area contributed by atoms with Crippen molar-refractivity contribution in [3.05, 3.63) is 70.0 Å². The van der Waals surface area contributed by atoms with Crippen molar-refractivity contribution >= 4 is 40.0 Å². The third kappa shape index (κ3) is 5.11. The van der Waals surface area contributed by atoms with Gasteiger partial charge in [0.1, 0.15) is 4.60 Å². The number of hydrogen-bond donors (Lipinski definition) is 3. The number of nitrogens with zero attached hydrogens (tertiary/aromatic N) is 2. The quantitative estimate of drug-likeness (QED) is 0.240. The van der Waals surface area contributed by atoms with Crippen LogP contribution in [0.25, 0.3) is 6.08 Å². The molecule has 0 fully saturated rings. The molecule has 7 nitrogen and oxygen atoms in total. The summed E-state index contributed by atoms with van der Waals surface area (Å²) >= 11 is 3.28. The van der Waals surface area contributed by atoms with Crippen LogP contribution in [0.15, 0.2) is 58.4 Å². The van der Waals surface area contributed by atoms with E-state index in [0.29, 0.717) is 15.7 Å². The van der Waals surface area contributed by atoms with Gasteiger partial charge in [0, 0.05) is 23.4 Å². The first kappa shape index (κ1) is 17.5. The van der Waals surface area contributed by atoms with E-state index in [1.165, 1.54) is 23.8 Å². The Balaban J connectivity index is 1.96. The largest absolute Gasteiger partial charge is 0.288 e. The maximum absolute atomic E-state index is 12.0. The van der Waals surface area contributed by atoms with E-state index in [2.05, 4.69) is 31.4 Å². The first-order valence-corrected chi connectivity index (χ1v) is 7.55. The number of carbonyl (C=O) groups is 2. The molecule has 2 amide bonds. The molecular weight excluding hydrogens is 376 g/mol. The maximum atomic E-state index is 12.0. The zero-order valence-electron chi connectivity index (χ0n) is 12.3. The van der Waals surface area contributed by atoms with Crippen molar-refractivity contribution in [2.75, 3.05) is 0 Å². The molecule has 0 spiro atoms. The fraction of sp³-hybridized carbons (Fsp3) is 0. The molecule has 0 aliphatic rings. The van der Waals surface area contributed by atoms with E-state index in [1.54, 1.807) is 42.6 Å². The van der Waals surface area contributed by atoms with Crippen molar-refractivity contribution in [1.29, 1.82) is 0 Å². The van der Waals surface area contributed by atoms with Crippen molar-refractivity contribution in [2.24, 2.45) is 5.10 Å². The van der Waals surface area contributed by atoms with Crippen molar-refractivity contribution in [2.45, 2.75) is 0 Å². The minimum Gasteiger partial charge on any atom is -0.288 e. The first-order valence-electron chi connectivity index (χ1n) is 6.76. The molecule has 0 radical (unpaired) electrons. The highest BCUT2D eigenvalue weighted by atomic mass is 79.9. The number of aromatic nitrogens is 1. The molecule has 1 heterocycles. The Morgan fingerprint density at radius 3 is 2.62 bits per heavy atom. The molecule has 122 valence electrons. The molecule has 0 aliphatic carbocycles. The highest BCUT2D eigenvalue weighted by molar-refractivity contribution is 9.10. The summed E-state index contributed by atoms with van der Waals surface area (Å²) in [7, 11) is 0. The van der Waals surface area contributed by atoms with Gasteiger partial charge in [0.05, 0.1) is 6.21 Å². The Labute approximate surface area is 146 Å². The Morgan fingerprint density at radius 2 is 1.96 bits per heavy atom. The lowest BCUT2D eigenvalue weighted by Gasteiger charge is -2.01. The molecule has 0 unspecified atom stereocenters. The van der Waals surface area contributed by atoms with Crippen molar-refractivity contribution in [3.8, 4) is 0 Å². The summed E-state index contributed by atoms with van der Waals surface area (Å²) in [4.78, 5) is 26.9. The van der Waals surface area contributed by atoms with Crippen LogP contribution in [-0.4, -0.2) is 28.2 Å². The number of hydrogen-bond acceptors (Lipinski definition) is 5. The number of carbonyl (C=O) groups excluding carboxylic acids is 2. The van der Waals surface area contributed by atoms with E-state index in [9.17, 15) is 9.59 Å². The number of rotatable bonds is 5. The van der Waals surface area contributed by atoms with Crippen LogP contribution < -0.4 is 10.9 Å². The normalized spacial score (nSPS) is 10.9. The fourth-order valence-corrected chi connectivity index (χ4v) is 2.03. The Kier molecular flexibility index (Phi) is 6.35. The number of nitrogens with one attached hydrogen (secondary N) is 2. The van der Waals surface area contributed by atoms with Crippen LogP contribution in [0.3, 0.4) is 0 Å². The van der Waals surface area contributed by atoms with E-state index >= 15 is 0 Å². The van der Waals surface area contributed by atoms with E-state index in [0.717, 1.165) is 5.56 Å². The Bertz CT molecular complexity index is 788. The van der Waals surface area contributed by atoms with Gasteiger partial charge in [-0.1, -0.05) is 12.1 Å². The van der Waals surface area contributed by atoms with Gasteiger partial charge in [-0.3, -0.25) is 14.8 Å². The molecule has 1 aromatic heterocycles. The van der Waals surface area contributed by atoms with Crippen LogP contribution in [-0.2, 0) is 4.79 Å². The van der Waals surface area contributed by atoms with Gasteiger partial charge in [-0.2, -0.15) is 5.10 Å². The van der Waals surface area contributed by atoms with Gasteiger partial charge in [-0.15, -0.1) is 0 Å². The van der Waals surface area contributed by atoms with Crippen molar-refractivity contribution in [3.63, 3.8) is 0 Å². The number of hydrazone groups is 1. The molecule has 1 aromatic carbocycles. The van der Waals surface area contributed by atoms with E-state index in [1.807, 2.05) is 0 Å². The van der Waals surface area contributed by atoms with E-state index < -0.39 is 5.91 Å². The standard InChI is InChI=1S/C16H13BrN4O3/c17-15-13(2-1-9-18-15)10-19-20-16(23)12-6-3-11(4-7-12)5-8-14(22)21-24/h1-10,24H,(H,20,23)(H,21,22). The Morgan fingerprint density at radius 1 is 1.21 bits per heavy atom. The van der Waals surface area contributed by atoms with Gasteiger partial charge in [-0.05, 0) is 51.8 Å². The summed E-state index contributed by atoms with van der Waals surface area (Å²) in [5.41, 5.74) is 5.77. The summed E-state index contributed by atoms with van der Waals surface area (Å²) in [6.45, 7) is 0. The molecule has 2 aromatic rings. The molecule has 0 saturated carbocycles. The number of halogens is 1. The van der Waals surface area contributed by atoms with E-state index in [4.69, 9.17) is 5.21 Å². The van der Waals surface area contributed by atoms with Gasteiger partial charge in [0.15, 0.2) is 0 Å². The lowest BCUT2D eigenvalue weighted by molar-refractivity contribution is -0.124. The lowest BCUT2D eigenvalue weighted by Crippen LogP contribution is -2.17. The van der Waals surface area contributed by atoms with Crippen molar-refractivity contribution in [1.82, 2.24) is 15.9 Å². The van der Waals surface area contributed by atoms with Crippen molar-refractivity contribution < 1.29 is 14.8 Å². The minimum atomic E-state index is -0.632. The van der Waals surface area contributed by atoms with Crippen LogP contribution in [0, 0.1) is 0 Å². The number of hydroxylamine groups is 1. The predicted octanol–water partition coefficient (Wildman–Crippen LogP) is 2.13. The second kappa shape index (κ2) is 8.70. The SMILES string of the molecule is O=C(C=Cc1ccc(C(=O)NN=Cc2cccnc2Br)cc1)NO. The number of pyridine rings is 1. The summed E-state index contributed by atoms with van der Waals surface area (Å²) in [5.74, 6) is -0.998. The molecule has 0 aliphatic heterocycles. The monoisotopic (exact) mass is 388 g/mol. The lowest BCUT2D eigenvalue weighted by atomic mass is 10.1. The highest BCUT2D eigenvalue weighted by Crippen LogP contribution is 2.10. The van der Waals surface area contributed by atoms with Crippen LogP contribution in [0.1, 0.15) is 21.5 Å². The number of amides is 2. The van der Waals surface area contributed by atoms with Gasteiger partial charge in [-0.25, -0.2) is 15.9 Å². The molecule has 2 rings (SSSR count). The van der Waals surface area contributed by atoms with E-state index in [-0.39, 0.29) is 5.91 Å². The summed E-state index contributed by atoms with van der Waals surface area (Å²) in [5, 5.41) is 12.3. The summed E-state index contributed by atoms with van der Waals surface area (Å²) < 4.78 is 0.631. The number of benzene rings is 1. The van der Waals surface area contributed by atoms with Gasteiger partial charge in [0.25, 0.3) is 11.8 Å². The second-order valence-corrected chi connectivity index (χ2v) is 5.27. The van der Waals surface area contributed by atoms with Gasteiger partial charge < -0.3 is 0 Å². The molecular formula is C16H13BrN4O3. The maximum Gasteiger partial charge on any atom is 0.271 e. The first-order chi connectivity index (χ1) is 11.6. The average molecular weight is 389 g/mol. The summed E-state index contributed by atoms with van der Waals surface area (Å²) in [6, 6.07) is 10.1. The molecule has 3 N–H and O–H groups in total. The van der Waals surface area contributed by atoms with Crippen LogP contribution in [0.5, 0.6) is 0 Å². The highest BCUT2D eigenvalue weighted by Gasteiger charge is 2.03. The average Bonchev–Trinajstić information content (AvgIpc) is 2.61. The van der Waals surface area contributed by atoms with Gasteiger partial charge in [0.2, 0.25) is 0 Å². The topological polar surface area (TPSA) is 104 Å². The molecule has 0 bridgehead atoms. The molecule has 8 heteroatoms. The summed E-state index contributed by atoms with van der Waals surface area (Å²) in [6.07, 6.45) is 5.80. The zero-order valence-corrected chi connectivity index (χ0v) is 13.9.